The van der Waals surface area contributed by atoms with E-state index in [4.69, 9.17) is 20.4 Å². The van der Waals surface area contributed by atoms with Gasteiger partial charge in [0.25, 0.3) is 0 Å². The average Bonchev–Trinajstić information content (AvgIpc) is 1.98. The fourth-order valence-corrected chi connectivity index (χ4v) is 0.532. The molecule has 0 saturated carbocycles. The molecule has 1 unspecified atom stereocenters. The van der Waals surface area contributed by atoms with Crippen LogP contribution in [0.4, 0.5) is 0 Å². The molecular formula is C6H8O6. The molecule has 0 amide bonds. The van der Waals surface area contributed by atoms with E-state index < -0.39 is 30.2 Å². The summed E-state index contributed by atoms with van der Waals surface area (Å²) in [5, 5.41) is 33.6. The summed E-state index contributed by atoms with van der Waals surface area (Å²) in [5.74, 6) is -3.06. The van der Waals surface area contributed by atoms with Crippen LogP contribution in [0.25, 0.3) is 0 Å². The Morgan fingerprint density at radius 2 is 1.83 bits per heavy atom. The lowest BCUT2D eigenvalue weighted by atomic mass is 10.1. The first kappa shape index (κ1) is 10.6. The zero-order valence-corrected chi connectivity index (χ0v) is 5.97. The molecule has 0 bridgehead atoms. The maximum absolute atomic E-state index is 10.2. The molecule has 0 aliphatic heterocycles. The molecule has 0 rings (SSSR count). The molecule has 0 aromatic heterocycles. The SMILES string of the molecule is O=C(O)/C=C(/C(=O)O)C(O)CO. The summed E-state index contributed by atoms with van der Waals surface area (Å²) in [7, 11) is 0. The van der Waals surface area contributed by atoms with Crippen LogP contribution < -0.4 is 0 Å². The molecule has 12 heavy (non-hydrogen) atoms. The van der Waals surface area contributed by atoms with Gasteiger partial charge in [0.2, 0.25) is 0 Å². The fourth-order valence-electron chi connectivity index (χ4n) is 0.532. The second-order valence-corrected chi connectivity index (χ2v) is 1.94. The van der Waals surface area contributed by atoms with Crippen molar-refractivity contribution in [3.05, 3.63) is 11.6 Å². The van der Waals surface area contributed by atoms with E-state index in [1.165, 1.54) is 0 Å². The fraction of sp³-hybridized carbons (Fsp3) is 0.333. The number of aliphatic hydroxyl groups excluding tert-OH is 2. The Kier molecular flexibility index (Phi) is 3.95. The van der Waals surface area contributed by atoms with Gasteiger partial charge in [-0.3, -0.25) is 0 Å². The average molecular weight is 176 g/mol. The summed E-state index contributed by atoms with van der Waals surface area (Å²) in [5.41, 5.74) is -0.745. The van der Waals surface area contributed by atoms with Crippen molar-refractivity contribution in [3.63, 3.8) is 0 Å². The Morgan fingerprint density at radius 1 is 1.33 bits per heavy atom. The van der Waals surface area contributed by atoms with Gasteiger partial charge in [0.05, 0.1) is 12.2 Å². The highest BCUT2D eigenvalue weighted by Gasteiger charge is 2.18. The van der Waals surface area contributed by atoms with Gasteiger partial charge in [0.15, 0.2) is 0 Å². The molecule has 0 aliphatic carbocycles. The number of carboxylic acids is 2. The number of carbonyl (C=O) groups is 2. The molecule has 0 aromatic carbocycles. The Labute approximate surface area is 67.4 Å². The van der Waals surface area contributed by atoms with E-state index >= 15 is 0 Å². The van der Waals surface area contributed by atoms with Crippen LogP contribution in [-0.4, -0.2) is 45.1 Å². The third-order valence-corrected chi connectivity index (χ3v) is 1.06. The lowest BCUT2D eigenvalue weighted by Crippen LogP contribution is -2.22. The van der Waals surface area contributed by atoms with Crippen LogP contribution in [0, 0.1) is 0 Å². The van der Waals surface area contributed by atoms with E-state index in [1.54, 1.807) is 0 Å². The minimum absolute atomic E-state index is 0.337. The Hall–Kier alpha value is -1.40. The van der Waals surface area contributed by atoms with Crippen molar-refractivity contribution in [2.24, 2.45) is 0 Å². The second-order valence-electron chi connectivity index (χ2n) is 1.94. The van der Waals surface area contributed by atoms with Crippen LogP contribution in [0.2, 0.25) is 0 Å². The normalized spacial score (nSPS) is 14.0. The van der Waals surface area contributed by atoms with Gasteiger partial charge >= 0.3 is 11.9 Å². The van der Waals surface area contributed by atoms with Crippen LogP contribution in [0.1, 0.15) is 0 Å². The van der Waals surface area contributed by atoms with E-state index in [2.05, 4.69) is 0 Å². The monoisotopic (exact) mass is 176 g/mol. The number of hydrogen-bond acceptors (Lipinski definition) is 4. The summed E-state index contributed by atoms with van der Waals surface area (Å²) in [6.45, 7) is -0.828. The topological polar surface area (TPSA) is 115 Å². The standard InChI is InChI=1S/C6H8O6/c7-2-4(8)3(6(11)12)1-5(9)10/h1,4,7-8H,2H2,(H,9,10)(H,11,12)/b3-1+. The van der Waals surface area contributed by atoms with Crippen LogP contribution in [-0.2, 0) is 9.59 Å². The Bertz CT molecular complexity index is 218. The van der Waals surface area contributed by atoms with Gasteiger partial charge in [-0.05, 0) is 0 Å². The molecule has 0 saturated heterocycles. The molecular weight excluding hydrogens is 168 g/mol. The third-order valence-electron chi connectivity index (χ3n) is 1.06. The molecule has 0 fully saturated rings. The van der Waals surface area contributed by atoms with Crippen molar-refractivity contribution in [3.8, 4) is 0 Å². The van der Waals surface area contributed by atoms with Gasteiger partial charge in [-0.25, -0.2) is 9.59 Å². The maximum atomic E-state index is 10.2. The number of aliphatic hydroxyl groups is 2. The van der Waals surface area contributed by atoms with Gasteiger partial charge in [-0.15, -0.1) is 0 Å². The van der Waals surface area contributed by atoms with Crippen molar-refractivity contribution in [2.75, 3.05) is 6.61 Å². The molecule has 6 nitrogen and oxygen atoms in total. The van der Waals surface area contributed by atoms with E-state index in [0.29, 0.717) is 6.08 Å². The quantitative estimate of drug-likeness (QED) is 0.385. The molecule has 0 aromatic rings. The summed E-state index contributed by atoms with van der Waals surface area (Å²) >= 11 is 0. The molecule has 0 radical (unpaired) electrons. The van der Waals surface area contributed by atoms with E-state index in [1.807, 2.05) is 0 Å². The highest BCUT2D eigenvalue weighted by molar-refractivity contribution is 5.95. The molecule has 68 valence electrons. The number of hydrogen-bond donors (Lipinski definition) is 4. The molecule has 0 heterocycles. The lowest BCUT2D eigenvalue weighted by Gasteiger charge is -2.05. The number of rotatable bonds is 4. The second kappa shape index (κ2) is 4.47. The molecule has 1 atom stereocenters. The summed E-state index contributed by atoms with van der Waals surface area (Å²) in [6.07, 6.45) is -1.33. The van der Waals surface area contributed by atoms with Crippen molar-refractivity contribution in [2.45, 2.75) is 6.10 Å². The van der Waals surface area contributed by atoms with Gasteiger partial charge in [0, 0.05) is 6.08 Å². The molecule has 6 heteroatoms. The van der Waals surface area contributed by atoms with Crippen molar-refractivity contribution in [1.82, 2.24) is 0 Å². The van der Waals surface area contributed by atoms with Gasteiger partial charge in [-0.2, -0.15) is 0 Å². The predicted molar refractivity (Wildman–Crippen MR) is 36.4 cm³/mol. The predicted octanol–water partition coefficient (Wildman–Crippen LogP) is -1.56. The van der Waals surface area contributed by atoms with E-state index in [9.17, 15) is 9.59 Å². The van der Waals surface area contributed by atoms with Crippen LogP contribution in [0.3, 0.4) is 0 Å². The van der Waals surface area contributed by atoms with Crippen LogP contribution >= 0.6 is 0 Å². The molecule has 4 N–H and O–H groups in total. The highest BCUT2D eigenvalue weighted by Crippen LogP contribution is 2.01. The first-order valence-corrected chi connectivity index (χ1v) is 2.95. The van der Waals surface area contributed by atoms with Gasteiger partial charge in [0.1, 0.15) is 6.10 Å². The minimum Gasteiger partial charge on any atom is -0.478 e. The van der Waals surface area contributed by atoms with Gasteiger partial charge in [-0.1, -0.05) is 0 Å². The summed E-state index contributed by atoms with van der Waals surface area (Å²) < 4.78 is 0. The lowest BCUT2D eigenvalue weighted by molar-refractivity contribution is -0.136. The maximum Gasteiger partial charge on any atom is 0.334 e. The number of aliphatic carboxylic acids is 2. The highest BCUT2D eigenvalue weighted by atomic mass is 16.4. The Morgan fingerprint density at radius 3 is 2.08 bits per heavy atom. The molecule has 0 aliphatic rings. The van der Waals surface area contributed by atoms with Crippen molar-refractivity contribution >= 4 is 11.9 Å². The smallest absolute Gasteiger partial charge is 0.334 e. The largest absolute Gasteiger partial charge is 0.478 e. The third kappa shape index (κ3) is 3.13. The van der Waals surface area contributed by atoms with Crippen molar-refractivity contribution < 1.29 is 30.0 Å². The van der Waals surface area contributed by atoms with Crippen LogP contribution in [0.5, 0.6) is 0 Å². The summed E-state index contributed by atoms with van der Waals surface area (Å²) in [4.78, 5) is 20.2. The van der Waals surface area contributed by atoms with E-state index in [-0.39, 0.29) is 0 Å². The zero-order valence-electron chi connectivity index (χ0n) is 5.97. The Balaban J connectivity index is 4.66. The van der Waals surface area contributed by atoms with Crippen LogP contribution in [0.15, 0.2) is 11.6 Å². The van der Waals surface area contributed by atoms with Gasteiger partial charge < -0.3 is 20.4 Å². The minimum atomic E-state index is -1.67. The van der Waals surface area contributed by atoms with E-state index in [0.717, 1.165) is 0 Å². The van der Waals surface area contributed by atoms with Crippen molar-refractivity contribution in [1.29, 1.82) is 0 Å². The first-order valence-electron chi connectivity index (χ1n) is 2.95. The number of carboxylic acid groups (broad SMARTS) is 2. The first-order chi connectivity index (χ1) is 5.49. The molecule has 0 spiro atoms. The summed E-state index contributed by atoms with van der Waals surface area (Å²) in [6, 6.07) is 0. The zero-order chi connectivity index (χ0) is 9.72.